The SMILES string of the molecule is Cc1ccc(Nc2nc(N)nc(CN3CCC[C@@H]3c3ccc4c(c3)OCCO4)n2)cc1. The molecule has 1 atom stereocenters. The van der Waals surface area contributed by atoms with Crippen LogP contribution in [0.2, 0.25) is 0 Å². The van der Waals surface area contributed by atoms with Gasteiger partial charge in [-0.2, -0.15) is 15.0 Å². The largest absolute Gasteiger partial charge is 0.486 e. The van der Waals surface area contributed by atoms with E-state index in [0.717, 1.165) is 36.6 Å². The zero-order chi connectivity index (χ0) is 21.2. The van der Waals surface area contributed by atoms with Gasteiger partial charge in [0.05, 0.1) is 6.54 Å². The van der Waals surface area contributed by atoms with E-state index in [4.69, 9.17) is 15.2 Å². The molecule has 0 saturated carbocycles. The minimum Gasteiger partial charge on any atom is -0.486 e. The molecule has 160 valence electrons. The van der Waals surface area contributed by atoms with Crippen LogP contribution in [-0.4, -0.2) is 39.6 Å². The summed E-state index contributed by atoms with van der Waals surface area (Å²) in [6.45, 7) is 4.82. The second-order valence-corrected chi connectivity index (χ2v) is 7.96. The van der Waals surface area contributed by atoms with E-state index in [-0.39, 0.29) is 12.0 Å². The van der Waals surface area contributed by atoms with Gasteiger partial charge in [-0.05, 0) is 56.1 Å². The average molecular weight is 419 g/mol. The molecule has 1 saturated heterocycles. The van der Waals surface area contributed by atoms with Crippen LogP contribution in [0.1, 0.15) is 35.8 Å². The van der Waals surface area contributed by atoms with Crippen LogP contribution >= 0.6 is 0 Å². The molecule has 0 radical (unpaired) electrons. The highest BCUT2D eigenvalue weighted by molar-refractivity contribution is 5.54. The Balaban J connectivity index is 1.34. The van der Waals surface area contributed by atoms with Crippen molar-refractivity contribution in [3.8, 4) is 11.5 Å². The smallest absolute Gasteiger partial charge is 0.232 e. The number of benzene rings is 2. The molecule has 0 amide bonds. The van der Waals surface area contributed by atoms with E-state index in [1.165, 1.54) is 11.1 Å². The fourth-order valence-corrected chi connectivity index (χ4v) is 4.17. The van der Waals surface area contributed by atoms with Gasteiger partial charge < -0.3 is 20.5 Å². The lowest BCUT2D eigenvalue weighted by molar-refractivity contribution is 0.170. The van der Waals surface area contributed by atoms with Crippen molar-refractivity contribution >= 4 is 17.6 Å². The first-order chi connectivity index (χ1) is 15.1. The predicted molar refractivity (Wildman–Crippen MR) is 119 cm³/mol. The van der Waals surface area contributed by atoms with Crippen molar-refractivity contribution in [2.45, 2.75) is 32.4 Å². The molecule has 1 aromatic heterocycles. The summed E-state index contributed by atoms with van der Waals surface area (Å²) in [6.07, 6.45) is 2.20. The number of nitrogens with zero attached hydrogens (tertiary/aromatic N) is 4. The Kier molecular flexibility index (Phi) is 5.30. The normalized spacial score (nSPS) is 18.2. The molecule has 2 aliphatic rings. The number of fused-ring (bicyclic) bond motifs is 1. The van der Waals surface area contributed by atoms with Crippen LogP contribution in [0.5, 0.6) is 11.5 Å². The van der Waals surface area contributed by atoms with Gasteiger partial charge in [0.25, 0.3) is 0 Å². The lowest BCUT2D eigenvalue weighted by Crippen LogP contribution is -2.25. The third-order valence-electron chi connectivity index (χ3n) is 5.67. The van der Waals surface area contributed by atoms with Gasteiger partial charge in [0.1, 0.15) is 19.0 Å². The van der Waals surface area contributed by atoms with Crippen LogP contribution in [0.15, 0.2) is 42.5 Å². The zero-order valence-electron chi connectivity index (χ0n) is 17.5. The molecule has 31 heavy (non-hydrogen) atoms. The van der Waals surface area contributed by atoms with E-state index in [0.29, 0.717) is 31.5 Å². The molecule has 0 aliphatic carbocycles. The van der Waals surface area contributed by atoms with Gasteiger partial charge in [0, 0.05) is 11.7 Å². The number of nitrogens with two attached hydrogens (primary N) is 1. The summed E-state index contributed by atoms with van der Waals surface area (Å²) < 4.78 is 11.4. The summed E-state index contributed by atoms with van der Waals surface area (Å²) in [5, 5.41) is 3.22. The van der Waals surface area contributed by atoms with E-state index < -0.39 is 0 Å². The van der Waals surface area contributed by atoms with Crippen LogP contribution in [0.4, 0.5) is 17.6 Å². The third-order valence-corrected chi connectivity index (χ3v) is 5.67. The summed E-state index contributed by atoms with van der Waals surface area (Å²) in [5.41, 5.74) is 9.32. The average Bonchev–Trinajstić information content (AvgIpc) is 3.22. The van der Waals surface area contributed by atoms with Crippen molar-refractivity contribution < 1.29 is 9.47 Å². The number of nitrogens with one attached hydrogen (secondary N) is 1. The molecule has 8 nitrogen and oxygen atoms in total. The highest BCUT2D eigenvalue weighted by Gasteiger charge is 2.28. The minimum absolute atomic E-state index is 0.217. The Bertz CT molecular complexity index is 1070. The second kappa shape index (κ2) is 8.39. The number of hydrogen-bond donors (Lipinski definition) is 2. The first-order valence-electron chi connectivity index (χ1n) is 10.6. The predicted octanol–water partition coefficient (Wildman–Crippen LogP) is 3.61. The molecule has 2 aliphatic heterocycles. The number of hydrogen-bond acceptors (Lipinski definition) is 8. The first-order valence-corrected chi connectivity index (χ1v) is 10.6. The van der Waals surface area contributed by atoms with Crippen LogP contribution in [0.3, 0.4) is 0 Å². The van der Waals surface area contributed by atoms with Crippen molar-refractivity contribution in [3.63, 3.8) is 0 Å². The lowest BCUT2D eigenvalue weighted by atomic mass is 10.0. The Hall–Kier alpha value is -3.39. The summed E-state index contributed by atoms with van der Waals surface area (Å²) in [6, 6.07) is 14.6. The fraction of sp³-hybridized carbons (Fsp3) is 0.348. The number of aromatic nitrogens is 3. The molecule has 3 heterocycles. The highest BCUT2D eigenvalue weighted by Crippen LogP contribution is 2.38. The van der Waals surface area contributed by atoms with Crippen LogP contribution in [-0.2, 0) is 6.54 Å². The number of ether oxygens (including phenoxy) is 2. The maximum absolute atomic E-state index is 5.98. The molecule has 0 unspecified atom stereocenters. The summed E-state index contributed by atoms with van der Waals surface area (Å²) in [7, 11) is 0. The number of nitrogen functional groups attached to an aromatic ring is 1. The lowest BCUT2D eigenvalue weighted by Gasteiger charge is -2.26. The third kappa shape index (κ3) is 4.39. The standard InChI is InChI=1S/C23H26N6O2/c1-15-4-7-17(8-5-15)25-23-27-21(26-22(24)28-23)14-29-10-2-3-18(29)16-6-9-19-20(13-16)31-12-11-30-19/h4-9,13,18H,2-3,10-12,14H2,1H3,(H3,24,25,26,27,28)/t18-/m1/s1. The van der Waals surface area contributed by atoms with Gasteiger partial charge in [-0.3, -0.25) is 4.90 Å². The molecule has 0 bridgehead atoms. The Labute approximate surface area is 181 Å². The monoisotopic (exact) mass is 418 g/mol. The van der Waals surface area contributed by atoms with Crippen LogP contribution in [0, 0.1) is 6.92 Å². The molecular formula is C23H26N6O2. The summed E-state index contributed by atoms with van der Waals surface area (Å²) in [4.78, 5) is 15.6. The summed E-state index contributed by atoms with van der Waals surface area (Å²) in [5.74, 6) is 2.98. The van der Waals surface area contributed by atoms with Gasteiger partial charge in [0.15, 0.2) is 11.5 Å². The Morgan fingerprint density at radius 3 is 2.68 bits per heavy atom. The first kappa shape index (κ1) is 19.6. The maximum Gasteiger partial charge on any atom is 0.232 e. The van der Waals surface area contributed by atoms with Gasteiger partial charge in [-0.25, -0.2) is 0 Å². The highest BCUT2D eigenvalue weighted by atomic mass is 16.6. The number of aryl methyl sites for hydroxylation is 1. The fourth-order valence-electron chi connectivity index (χ4n) is 4.17. The van der Waals surface area contributed by atoms with Gasteiger partial charge in [-0.1, -0.05) is 23.8 Å². The molecule has 1 fully saturated rings. The number of likely N-dealkylation sites (tertiary alicyclic amines) is 1. The quantitative estimate of drug-likeness (QED) is 0.648. The van der Waals surface area contributed by atoms with E-state index >= 15 is 0 Å². The van der Waals surface area contributed by atoms with E-state index in [1.54, 1.807) is 0 Å². The van der Waals surface area contributed by atoms with Gasteiger partial charge >= 0.3 is 0 Å². The molecule has 3 aromatic rings. The van der Waals surface area contributed by atoms with Crippen molar-refractivity contribution in [2.75, 3.05) is 30.8 Å². The van der Waals surface area contributed by atoms with Crippen molar-refractivity contribution in [1.82, 2.24) is 19.9 Å². The van der Waals surface area contributed by atoms with Gasteiger partial charge in [-0.15, -0.1) is 0 Å². The molecule has 8 heteroatoms. The molecule has 5 rings (SSSR count). The van der Waals surface area contributed by atoms with Crippen molar-refractivity contribution in [2.24, 2.45) is 0 Å². The zero-order valence-corrected chi connectivity index (χ0v) is 17.5. The van der Waals surface area contributed by atoms with E-state index in [1.807, 2.05) is 30.3 Å². The van der Waals surface area contributed by atoms with Crippen molar-refractivity contribution in [3.05, 3.63) is 59.4 Å². The molecular weight excluding hydrogens is 392 g/mol. The van der Waals surface area contributed by atoms with Crippen LogP contribution in [0.25, 0.3) is 0 Å². The maximum atomic E-state index is 5.98. The Morgan fingerprint density at radius 2 is 1.84 bits per heavy atom. The molecule has 2 aromatic carbocycles. The molecule has 0 spiro atoms. The van der Waals surface area contributed by atoms with E-state index in [2.05, 4.69) is 44.2 Å². The number of rotatable bonds is 5. The summed E-state index contributed by atoms with van der Waals surface area (Å²) >= 11 is 0. The van der Waals surface area contributed by atoms with Crippen molar-refractivity contribution in [1.29, 1.82) is 0 Å². The number of anilines is 3. The second-order valence-electron chi connectivity index (χ2n) is 7.96. The topological polar surface area (TPSA) is 98.4 Å². The van der Waals surface area contributed by atoms with Crippen LogP contribution < -0.4 is 20.5 Å². The van der Waals surface area contributed by atoms with E-state index in [9.17, 15) is 0 Å². The minimum atomic E-state index is 0.217. The molecule has 3 N–H and O–H groups in total. The Morgan fingerprint density at radius 1 is 1.03 bits per heavy atom. The van der Waals surface area contributed by atoms with Gasteiger partial charge in [0.2, 0.25) is 11.9 Å².